The van der Waals surface area contributed by atoms with E-state index in [1.807, 2.05) is 0 Å². The van der Waals surface area contributed by atoms with E-state index in [2.05, 4.69) is 24.5 Å². The second-order valence-corrected chi connectivity index (χ2v) is 6.05. The average molecular weight is 238 g/mol. The predicted molar refractivity (Wildman–Crippen MR) is 69.7 cm³/mol. The van der Waals surface area contributed by atoms with Gasteiger partial charge >= 0.3 is 0 Å². The Labute approximate surface area is 105 Å². The standard InChI is InChI=1S/C14H26N2O/c1-10(2)11-3-5-13(6-4-11)16-14(17)12-7-8-15-9-12/h10-13,15H,3-9H2,1-2H3,(H,16,17). The second-order valence-electron chi connectivity index (χ2n) is 6.05. The summed E-state index contributed by atoms with van der Waals surface area (Å²) in [6, 6.07) is 0.443. The number of nitrogens with one attached hydrogen (secondary N) is 2. The van der Waals surface area contributed by atoms with Crippen molar-refractivity contribution in [1.29, 1.82) is 0 Å². The van der Waals surface area contributed by atoms with Crippen LogP contribution in [0.15, 0.2) is 0 Å². The van der Waals surface area contributed by atoms with Crippen molar-refractivity contribution in [3.05, 3.63) is 0 Å². The van der Waals surface area contributed by atoms with Crippen molar-refractivity contribution in [3.63, 3.8) is 0 Å². The number of amides is 1. The summed E-state index contributed by atoms with van der Waals surface area (Å²) in [5, 5.41) is 6.49. The van der Waals surface area contributed by atoms with Gasteiger partial charge in [-0.15, -0.1) is 0 Å². The van der Waals surface area contributed by atoms with Crippen molar-refractivity contribution in [2.24, 2.45) is 17.8 Å². The molecular weight excluding hydrogens is 212 g/mol. The second kappa shape index (κ2) is 5.85. The highest BCUT2D eigenvalue weighted by Crippen LogP contribution is 2.30. The molecule has 1 unspecified atom stereocenters. The molecule has 3 heteroatoms. The van der Waals surface area contributed by atoms with E-state index in [1.54, 1.807) is 0 Å². The fraction of sp³-hybridized carbons (Fsp3) is 0.929. The minimum atomic E-state index is 0.220. The average Bonchev–Trinajstić information content (AvgIpc) is 2.83. The predicted octanol–water partition coefficient (Wildman–Crippen LogP) is 1.93. The normalized spacial score (nSPS) is 33.9. The van der Waals surface area contributed by atoms with Crippen molar-refractivity contribution < 1.29 is 4.79 Å². The van der Waals surface area contributed by atoms with E-state index in [0.29, 0.717) is 6.04 Å². The van der Waals surface area contributed by atoms with Crippen LogP contribution in [0.5, 0.6) is 0 Å². The third-order valence-electron chi connectivity index (χ3n) is 4.49. The Morgan fingerprint density at radius 2 is 1.88 bits per heavy atom. The molecule has 0 spiro atoms. The maximum absolute atomic E-state index is 12.0. The summed E-state index contributed by atoms with van der Waals surface area (Å²) in [5.74, 6) is 2.17. The molecule has 1 atom stereocenters. The zero-order chi connectivity index (χ0) is 12.3. The molecule has 1 saturated heterocycles. The maximum Gasteiger partial charge on any atom is 0.224 e. The van der Waals surface area contributed by atoms with Gasteiger partial charge in [-0.3, -0.25) is 4.79 Å². The molecule has 1 saturated carbocycles. The van der Waals surface area contributed by atoms with E-state index in [1.165, 1.54) is 25.7 Å². The van der Waals surface area contributed by atoms with Crippen LogP contribution in [0.3, 0.4) is 0 Å². The van der Waals surface area contributed by atoms with Crippen LogP contribution in [0.2, 0.25) is 0 Å². The molecule has 98 valence electrons. The summed E-state index contributed by atoms with van der Waals surface area (Å²) in [5.41, 5.74) is 0. The van der Waals surface area contributed by atoms with Gasteiger partial charge in [0.25, 0.3) is 0 Å². The zero-order valence-corrected chi connectivity index (χ0v) is 11.2. The van der Waals surface area contributed by atoms with Gasteiger partial charge in [-0.05, 0) is 50.5 Å². The van der Waals surface area contributed by atoms with Crippen LogP contribution in [-0.2, 0) is 4.79 Å². The summed E-state index contributed by atoms with van der Waals surface area (Å²) < 4.78 is 0. The molecule has 3 nitrogen and oxygen atoms in total. The van der Waals surface area contributed by atoms with Gasteiger partial charge in [0, 0.05) is 12.6 Å². The number of hydrogen-bond donors (Lipinski definition) is 2. The number of carbonyl (C=O) groups excluding carboxylic acids is 1. The van der Waals surface area contributed by atoms with Gasteiger partial charge in [0.05, 0.1) is 5.92 Å². The zero-order valence-electron chi connectivity index (χ0n) is 11.2. The summed E-state index contributed by atoms with van der Waals surface area (Å²) >= 11 is 0. The fourth-order valence-corrected chi connectivity index (χ4v) is 3.13. The first-order valence-electron chi connectivity index (χ1n) is 7.18. The van der Waals surface area contributed by atoms with Crippen LogP contribution < -0.4 is 10.6 Å². The number of rotatable bonds is 3. The topological polar surface area (TPSA) is 41.1 Å². The van der Waals surface area contributed by atoms with Gasteiger partial charge in [-0.1, -0.05) is 13.8 Å². The van der Waals surface area contributed by atoms with Crippen LogP contribution >= 0.6 is 0 Å². The molecule has 1 amide bonds. The molecule has 1 heterocycles. The molecule has 2 N–H and O–H groups in total. The third-order valence-corrected chi connectivity index (χ3v) is 4.49. The summed E-state index contributed by atoms with van der Waals surface area (Å²) in [6.07, 6.45) is 5.92. The minimum absolute atomic E-state index is 0.220. The Balaban J connectivity index is 1.72. The maximum atomic E-state index is 12.0. The molecule has 1 aliphatic carbocycles. The Kier molecular flexibility index (Phi) is 4.43. The quantitative estimate of drug-likeness (QED) is 0.789. The van der Waals surface area contributed by atoms with Crippen LogP contribution in [0, 0.1) is 17.8 Å². The van der Waals surface area contributed by atoms with E-state index < -0.39 is 0 Å². The smallest absolute Gasteiger partial charge is 0.224 e. The molecular formula is C14H26N2O. The van der Waals surface area contributed by atoms with E-state index >= 15 is 0 Å². The first kappa shape index (κ1) is 12.9. The van der Waals surface area contributed by atoms with Crippen LogP contribution in [0.1, 0.15) is 46.0 Å². The van der Waals surface area contributed by atoms with Crippen LogP contribution in [0.4, 0.5) is 0 Å². The SMILES string of the molecule is CC(C)C1CCC(NC(=O)C2CCNC2)CC1. The lowest BCUT2D eigenvalue weighted by molar-refractivity contribution is -0.125. The third kappa shape index (κ3) is 3.44. The highest BCUT2D eigenvalue weighted by atomic mass is 16.2. The summed E-state index contributed by atoms with van der Waals surface area (Å²) in [7, 11) is 0. The van der Waals surface area contributed by atoms with E-state index in [9.17, 15) is 4.79 Å². The Morgan fingerprint density at radius 3 is 2.41 bits per heavy atom. The van der Waals surface area contributed by atoms with Gasteiger partial charge in [-0.25, -0.2) is 0 Å². The largest absolute Gasteiger partial charge is 0.353 e. The fourth-order valence-electron chi connectivity index (χ4n) is 3.13. The molecule has 2 fully saturated rings. The lowest BCUT2D eigenvalue weighted by Crippen LogP contribution is -2.41. The Hall–Kier alpha value is -0.570. The molecule has 2 rings (SSSR count). The van der Waals surface area contributed by atoms with Crippen molar-refractivity contribution in [2.45, 2.75) is 52.0 Å². The number of hydrogen-bond acceptors (Lipinski definition) is 2. The van der Waals surface area contributed by atoms with Crippen molar-refractivity contribution >= 4 is 5.91 Å². The van der Waals surface area contributed by atoms with Gasteiger partial charge in [-0.2, -0.15) is 0 Å². The first-order chi connectivity index (χ1) is 8.16. The molecule has 0 aromatic rings. The molecule has 17 heavy (non-hydrogen) atoms. The van der Waals surface area contributed by atoms with E-state index in [4.69, 9.17) is 0 Å². The van der Waals surface area contributed by atoms with Crippen molar-refractivity contribution in [3.8, 4) is 0 Å². The number of carbonyl (C=O) groups is 1. The lowest BCUT2D eigenvalue weighted by atomic mass is 9.79. The highest BCUT2D eigenvalue weighted by molar-refractivity contribution is 5.79. The minimum Gasteiger partial charge on any atom is -0.353 e. The van der Waals surface area contributed by atoms with Crippen molar-refractivity contribution in [2.75, 3.05) is 13.1 Å². The summed E-state index contributed by atoms with van der Waals surface area (Å²) in [6.45, 7) is 6.49. The van der Waals surface area contributed by atoms with E-state index in [0.717, 1.165) is 31.3 Å². The molecule has 0 aromatic carbocycles. The Morgan fingerprint density at radius 1 is 1.18 bits per heavy atom. The van der Waals surface area contributed by atoms with Crippen molar-refractivity contribution in [1.82, 2.24) is 10.6 Å². The molecule has 1 aliphatic heterocycles. The highest BCUT2D eigenvalue weighted by Gasteiger charge is 2.27. The Bertz CT molecular complexity index is 251. The van der Waals surface area contributed by atoms with Gasteiger partial charge in [0.15, 0.2) is 0 Å². The molecule has 2 aliphatic rings. The lowest BCUT2D eigenvalue weighted by Gasteiger charge is -2.31. The summed E-state index contributed by atoms with van der Waals surface area (Å²) in [4.78, 5) is 12.0. The molecule has 0 radical (unpaired) electrons. The van der Waals surface area contributed by atoms with Crippen LogP contribution in [-0.4, -0.2) is 25.0 Å². The van der Waals surface area contributed by atoms with Gasteiger partial charge in [0.2, 0.25) is 5.91 Å². The molecule has 0 bridgehead atoms. The van der Waals surface area contributed by atoms with Gasteiger partial charge in [0.1, 0.15) is 0 Å². The van der Waals surface area contributed by atoms with E-state index in [-0.39, 0.29) is 11.8 Å². The van der Waals surface area contributed by atoms with Gasteiger partial charge < -0.3 is 10.6 Å². The molecule has 0 aromatic heterocycles. The van der Waals surface area contributed by atoms with Crippen LogP contribution in [0.25, 0.3) is 0 Å². The first-order valence-corrected chi connectivity index (χ1v) is 7.18. The monoisotopic (exact) mass is 238 g/mol.